The zero-order valence-electron chi connectivity index (χ0n) is 9.75. The summed E-state index contributed by atoms with van der Waals surface area (Å²) in [6, 6.07) is 4.63. The number of hydrogen-bond donors (Lipinski definition) is 1. The summed E-state index contributed by atoms with van der Waals surface area (Å²) >= 11 is 3.43. The molecule has 0 aliphatic heterocycles. The molecule has 1 atom stereocenters. The first-order valence-corrected chi connectivity index (χ1v) is 6.89. The minimum absolute atomic E-state index is 0.424. The zero-order valence-corrected chi connectivity index (χ0v) is 11.3. The maximum atomic E-state index is 4.52. The molecule has 1 fully saturated rings. The number of nitrogens with one attached hydrogen (secondary N) is 1. The number of rotatable bonds is 3. The van der Waals surface area contributed by atoms with Gasteiger partial charge in [-0.3, -0.25) is 4.98 Å². The van der Waals surface area contributed by atoms with E-state index in [0.29, 0.717) is 6.04 Å². The summed E-state index contributed by atoms with van der Waals surface area (Å²) in [6.07, 6.45) is 8.72. The topological polar surface area (TPSA) is 24.9 Å². The number of halogens is 1. The molecule has 0 bridgehead atoms. The number of pyridine rings is 1. The molecule has 16 heavy (non-hydrogen) atoms. The fourth-order valence-corrected chi connectivity index (χ4v) is 2.90. The first-order valence-electron chi connectivity index (χ1n) is 6.10. The average Bonchev–Trinajstić information content (AvgIpc) is 2.34. The Labute approximate surface area is 106 Å². The van der Waals surface area contributed by atoms with Gasteiger partial charge in [0.25, 0.3) is 0 Å². The number of hydrogen-bond acceptors (Lipinski definition) is 2. The van der Waals surface area contributed by atoms with Gasteiger partial charge < -0.3 is 5.32 Å². The van der Waals surface area contributed by atoms with Crippen molar-refractivity contribution in [2.45, 2.75) is 38.1 Å². The van der Waals surface area contributed by atoms with Gasteiger partial charge in [-0.05, 0) is 53.9 Å². The monoisotopic (exact) mass is 282 g/mol. The molecule has 2 rings (SSSR count). The summed E-state index contributed by atoms with van der Waals surface area (Å²) in [5.74, 6) is 0.757. The number of nitrogens with zero attached hydrogens (tertiary/aromatic N) is 1. The largest absolute Gasteiger partial charge is 0.311 e. The Kier molecular flexibility index (Phi) is 4.36. The second-order valence-electron chi connectivity index (χ2n) is 4.57. The molecular formula is C13H19BrN2. The van der Waals surface area contributed by atoms with Gasteiger partial charge in [-0.25, -0.2) is 0 Å². The predicted octanol–water partition coefficient (Wildman–Crippen LogP) is 3.68. The lowest BCUT2D eigenvalue weighted by atomic mass is 9.82. The summed E-state index contributed by atoms with van der Waals surface area (Å²) in [5.41, 5.74) is 1.18. The molecule has 3 heteroatoms. The second kappa shape index (κ2) is 5.78. The van der Waals surface area contributed by atoms with Crippen LogP contribution in [0.1, 0.15) is 43.8 Å². The molecule has 1 unspecified atom stereocenters. The Morgan fingerprint density at radius 2 is 2.06 bits per heavy atom. The Morgan fingerprint density at radius 3 is 2.62 bits per heavy atom. The fourth-order valence-electron chi connectivity index (χ4n) is 2.66. The minimum Gasteiger partial charge on any atom is -0.311 e. The molecule has 88 valence electrons. The highest BCUT2D eigenvalue weighted by atomic mass is 79.9. The number of aromatic nitrogens is 1. The van der Waals surface area contributed by atoms with Crippen molar-refractivity contribution in [3.8, 4) is 0 Å². The molecule has 1 aliphatic carbocycles. The van der Waals surface area contributed by atoms with Crippen LogP contribution in [0.2, 0.25) is 0 Å². The fraction of sp³-hybridized carbons (Fsp3) is 0.615. The van der Waals surface area contributed by atoms with Crippen LogP contribution in [0.3, 0.4) is 0 Å². The molecule has 0 amide bonds. The van der Waals surface area contributed by atoms with E-state index in [1.807, 2.05) is 13.2 Å². The van der Waals surface area contributed by atoms with Crippen LogP contribution < -0.4 is 5.32 Å². The lowest BCUT2D eigenvalue weighted by molar-refractivity contribution is 0.278. The maximum absolute atomic E-state index is 4.52. The van der Waals surface area contributed by atoms with Crippen LogP contribution in [0.25, 0.3) is 0 Å². The van der Waals surface area contributed by atoms with Crippen molar-refractivity contribution in [1.29, 1.82) is 0 Å². The summed E-state index contributed by atoms with van der Waals surface area (Å²) in [7, 11) is 2.04. The molecule has 1 aromatic rings. The molecule has 1 aliphatic rings. The Bertz CT molecular complexity index is 317. The third-order valence-corrected chi connectivity index (χ3v) is 3.97. The molecular weight excluding hydrogens is 264 g/mol. The normalized spacial score (nSPS) is 19.6. The first kappa shape index (κ1) is 12.1. The third-order valence-electron chi connectivity index (χ3n) is 3.50. The van der Waals surface area contributed by atoms with E-state index in [0.717, 1.165) is 10.4 Å². The predicted molar refractivity (Wildman–Crippen MR) is 70.3 cm³/mol. The third kappa shape index (κ3) is 2.83. The second-order valence-corrected chi connectivity index (χ2v) is 5.48. The van der Waals surface area contributed by atoms with Gasteiger partial charge in [0.2, 0.25) is 0 Å². The van der Waals surface area contributed by atoms with Crippen LogP contribution in [0.4, 0.5) is 0 Å². The van der Waals surface area contributed by atoms with Gasteiger partial charge in [0, 0.05) is 10.7 Å². The molecule has 1 saturated carbocycles. The Hall–Kier alpha value is -0.410. The van der Waals surface area contributed by atoms with Crippen LogP contribution in [0, 0.1) is 5.92 Å². The van der Waals surface area contributed by atoms with Crippen molar-refractivity contribution in [1.82, 2.24) is 10.3 Å². The highest BCUT2D eigenvalue weighted by Gasteiger charge is 2.24. The molecule has 0 saturated heterocycles. The molecule has 0 aromatic carbocycles. The molecule has 1 aromatic heterocycles. The van der Waals surface area contributed by atoms with Gasteiger partial charge in [-0.2, -0.15) is 0 Å². The van der Waals surface area contributed by atoms with E-state index in [-0.39, 0.29) is 0 Å². The van der Waals surface area contributed by atoms with Crippen molar-refractivity contribution < 1.29 is 0 Å². The van der Waals surface area contributed by atoms with E-state index in [1.54, 1.807) is 0 Å². The van der Waals surface area contributed by atoms with Gasteiger partial charge in [0.1, 0.15) is 0 Å². The standard InChI is InChI=1S/C13H19BrN2/c1-15-13(10-5-3-2-4-6-10)12-8-7-11(14)9-16-12/h7-10,13,15H,2-6H2,1H3. The van der Waals surface area contributed by atoms with Crippen molar-refractivity contribution in [3.05, 3.63) is 28.5 Å². The van der Waals surface area contributed by atoms with Gasteiger partial charge in [-0.1, -0.05) is 19.3 Å². The maximum Gasteiger partial charge on any atom is 0.0576 e. The molecule has 0 radical (unpaired) electrons. The van der Waals surface area contributed by atoms with Crippen molar-refractivity contribution in [2.24, 2.45) is 5.92 Å². The molecule has 1 N–H and O–H groups in total. The summed E-state index contributed by atoms with van der Waals surface area (Å²) in [5, 5.41) is 3.43. The first-order chi connectivity index (χ1) is 7.81. The smallest absolute Gasteiger partial charge is 0.0576 e. The van der Waals surface area contributed by atoms with E-state index in [2.05, 4.69) is 38.4 Å². The SMILES string of the molecule is CNC(c1ccc(Br)cn1)C1CCCCC1. The summed E-state index contributed by atoms with van der Waals surface area (Å²) in [4.78, 5) is 4.52. The van der Waals surface area contributed by atoms with Gasteiger partial charge >= 0.3 is 0 Å². The van der Waals surface area contributed by atoms with E-state index in [4.69, 9.17) is 0 Å². The highest BCUT2D eigenvalue weighted by Crippen LogP contribution is 2.33. The summed E-state index contributed by atoms with van der Waals surface area (Å²) in [6.45, 7) is 0. The van der Waals surface area contributed by atoms with Crippen LogP contribution in [0.5, 0.6) is 0 Å². The quantitative estimate of drug-likeness (QED) is 0.915. The lowest BCUT2D eigenvalue weighted by Gasteiger charge is -2.29. The van der Waals surface area contributed by atoms with Crippen LogP contribution >= 0.6 is 15.9 Å². The molecule has 0 spiro atoms. The van der Waals surface area contributed by atoms with Gasteiger partial charge in [0.05, 0.1) is 11.7 Å². The summed E-state index contributed by atoms with van der Waals surface area (Å²) < 4.78 is 1.05. The van der Waals surface area contributed by atoms with Gasteiger partial charge in [0.15, 0.2) is 0 Å². The Morgan fingerprint density at radius 1 is 1.31 bits per heavy atom. The molecule has 1 heterocycles. The van der Waals surface area contributed by atoms with E-state index in [9.17, 15) is 0 Å². The van der Waals surface area contributed by atoms with E-state index in [1.165, 1.54) is 37.8 Å². The van der Waals surface area contributed by atoms with Crippen molar-refractivity contribution >= 4 is 15.9 Å². The van der Waals surface area contributed by atoms with Crippen LogP contribution in [-0.4, -0.2) is 12.0 Å². The van der Waals surface area contributed by atoms with E-state index >= 15 is 0 Å². The minimum atomic E-state index is 0.424. The van der Waals surface area contributed by atoms with Crippen LogP contribution in [-0.2, 0) is 0 Å². The molecule has 2 nitrogen and oxygen atoms in total. The van der Waals surface area contributed by atoms with Crippen molar-refractivity contribution in [2.75, 3.05) is 7.05 Å². The van der Waals surface area contributed by atoms with E-state index < -0.39 is 0 Å². The highest BCUT2D eigenvalue weighted by molar-refractivity contribution is 9.10. The average molecular weight is 283 g/mol. The van der Waals surface area contributed by atoms with Gasteiger partial charge in [-0.15, -0.1) is 0 Å². The Balaban J connectivity index is 2.11. The zero-order chi connectivity index (χ0) is 11.4. The van der Waals surface area contributed by atoms with Crippen LogP contribution in [0.15, 0.2) is 22.8 Å². The lowest BCUT2D eigenvalue weighted by Crippen LogP contribution is -2.27. The van der Waals surface area contributed by atoms with Crippen molar-refractivity contribution in [3.63, 3.8) is 0 Å².